The number of benzene rings is 1. The molecule has 1 aromatic carbocycles. The Hall–Kier alpha value is -3.36. The van der Waals surface area contributed by atoms with Crippen molar-refractivity contribution < 1.29 is 9.18 Å². The van der Waals surface area contributed by atoms with E-state index in [2.05, 4.69) is 32.7 Å². The van der Waals surface area contributed by atoms with Crippen LogP contribution in [0, 0.1) is 25.1 Å². The minimum Gasteiger partial charge on any atom is -0.349 e. The Balaban J connectivity index is 1.71. The molecule has 3 N–H and O–H groups in total. The molecule has 158 valence electrons. The van der Waals surface area contributed by atoms with Gasteiger partial charge in [-0.05, 0) is 51.8 Å². The molecule has 0 spiro atoms. The van der Waals surface area contributed by atoms with E-state index in [1.54, 1.807) is 11.0 Å². The van der Waals surface area contributed by atoms with Crippen LogP contribution in [0.2, 0.25) is 0 Å². The number of aryl methyl sites for hydroxylation is 2. The first-order chi connectivity index (χ1) is 14.3. The third kappa shape index (κ3) is 4.97. The van der Waals surface area contributed by atoms with E-state index in [9.17, 15) is 9.18 Å². The van der Waals surface area contributed by atoms with E-state index in [0.29, 0.717) is 31.9 Å². The Kier molecular flexibility index (Phi) is 6.39. The Morgan fingerprint density at radius 1 is 1.27 bits per heavy atom. The molecule has 1 amide bonds. The van der Waals surface area contributed by atoms with E-state index in [1.165, 1.54) is 18.3 Å². The zero-order valence-corrected chi connectivity index (χ0v) is 17.4. The number of anilines is 2. The molecule has 30 heavy (non-hydrogen) atoms. The van der Waals surface area contributed by atoms with Crippen LogP contribution in [-0.4, -0.2) is 51.8 Å². The summed E-state index contributed by atoms with van der Waals surface area (Å²) in [5, 5.41) is 14.2. The van der Waals surface area contributed by atoms with E-state index in [-0.39, 0.29) is 22.7 Å². The van der Waals surface area contributed by atoms with Gasteiger partial charge in [0.1, 0.15) is 11.4 Å². The molecular weight excluding hydrogens is 385 g/mol. The van der Waals surface area contributed by atoms with E-state index in [0.717, 1.165) is 17.6 Å². The maximum atomic E-state index is 14.5. The number of amides is 1. The van der Waals surface area contributed by atoms with Gasteiger partial charge in [0.05, 0.1) is 11.9 Å². The summed E-state index contributed by atoms with van der Waals surface area (Å²) in [4.78, 5) is 23.6. The van der Waals surface area contributed by atoms with Gasteiger partial charge in [-0.2, -0.15) is 5.10 Å². The highest BCUT2D eigenvalue weighted by Gasteiger charge is 2.34. The number of rotatable bonds is 6. The number of likely N-dealkylation sites (tertiary alicyclic amines) is 1. The van der Waals surface area contributed by atoms with Crippen LogP contribution in [0.15, 0.2) is 29.4 Å². The second-order valence-corrected chi connectivity index (χ2v) is 7.67. The van der Waals surface area contributed by atoms with Gasteiger partial charge >= 0.3 is 0 Å². The summed E-state index contributed by atoms with van der Waals surface area (Å²) in [6, 6.07) is 6.27. The fourth-order valence-electron chi connectivity index (χ4n) is 3.52. The molecule has 8 nitrogen and oxygen atoms in total. The number of carbonyl (C=O) groups is 1. The number of aromatic nitrogens is 2. The molecule has 1 fully saturated rings. The van der Waals surface area contributed by atoms with Gasteiger partial charge in [-0.15, -0.1) is 0 Å². The second kappa shape index (κ2) is 8.98. The average molecular weight is 411 g/mol. The minimum atomic E-state index is -0.606. The molecule has 1 saturated heterocycles. The summed E-state index contributed by atoms with van der Waals surface area (Å²) in [6.07, 6.45) is 3.56. The first kappa shape index (κ1) is 21.4. The number of halogens is 1. The topological polar surface area (TPSA) is 106 Å². The van der Waals surface area contributed by atoms with Crippen LogP contribution in [-0.2, 0) is 0 Å². The summed E-state index contributed by atoms with van der Waals surface area (Å²) >= 11 is 0. The summed E-state index contributed by atoms with van der Waals surface area (Å²) in [5.74, 6) is -0.407. The standard InChI is InChI=1S/C21H26FN7O/c1-14-13-15(2)26-20(25-14)27-21(3)7-11-29(12-8-21)19(30)18-16(22)5-4-6-17(18)28-24-10-9-23/h4-6,9-10,13,23,28H,7-8,11-12H2,1-3H3,(H,25,26,27)/b23-9?,24-10-. The van der Waals surface area contributed by atoms with Gasteiger partial charge in [-0.1, -0.05) is 6.07 Å². The van der Waals surface area contributed by atoms with Gasteiger partial charge in [-0.3, -0.25) is 10.2 Å². The summed E-state index contributed by atoms with van der Waals surface area (Å²) in [6.45, 7) is 6.89. The fraction of sp³-hybridized carbons (Fsp3) is 0.381. The highest BCUT2D eigenvalue weighted by atomic mass is 19.1. The van der Waals surface area contributed by atoms with Crippen molar-refractivity contribution in [3.05, 3.63) is 47.0 Å². The third-order valence-electron chi connectivity index (χ3n) is 5.11. The maximum Gasteiger partial charge on any atom is 0.259 e. The number of hydrogen-bond donors (Lipinski definition) is 3. The second-order valence-electron chi connectivity index (χ2n) is 7.67. The monoisotopic (exact) mass is 411 g/mol. The van der Waals surface area contributed by atoms with Crippen molar-refractivity contribution in [2.45, 2.75) is 39.2 Å². The summed E-state index contributed by atoms with van der Waals surface area (Å²) in [5.41, 5.74) is 4.39. The molecule has 3 rings (SSSR count). The van der Waals surface area contributed by atoms with Crippen molar-refractivity contribution in [2.24, 2.45) is 5.10 Å². The lowest BCUT2D eigenvalue weighted by Gasteiger charge is -2.40. The largest absolute Gasteiger partial charge is 0.349 e. The molecule has 2 heterocycles. The van der Waals surface area contributed by atoms with Gasteiger partial charge in [0.2, 0.25) is 5.95 Å². The number of piperidine rings is 1. The lowest BCUT2D eigenvalue weighted by molar-refractivity contribution is 0.0686. The molecule has 9 heteroatoms. The number of nitrogens with one attached hydrogen (secondary N) is 3. The lowest BCUT2D eigenvalue weighted by atomic mass is 9.89. The van der Waals surface area contributed by atoms with Crippen molar-refractivity contribution in [1.29, 1.82) is 5.41 Å². The molecule has 0 unspecified atom stereocenters. The molecule has 1 aliphatic rings. The quantitative estimate of drug-likeness (QED) is 0.499. The first-order valence-corrected chi connectivity index (χ1v) is 9.78. The van der Waals surface area contributed by atoms with Crippen molar-refractivity contribution >= 4 is 30.0 Å². The molecule has 0 aliphatic carbocycles. The SMILES string of the molecule is Cc1cc(C)nc(NC2(C)CCN(C(=O)c3c(F)cccc3N/N=C\C=N)CC2)n1. The van der Waals surface area contributed by atoms with Gasteiger partial charge in [0.25, 0.3) is 5.91 Å². The van der Waals surface area contributed by atoms with Crippen LogP contribution in [0.3, 0.4) is 0 Å². The van der Waals surface area contributed by atoms with Gasteiger partial charge in [0.15, 0.2) is 0 Å². The van der Waals surface area contributed by atoms with Crippen molar-refractivity contribution in [2.75, 3.05) is 23.8 Å². The van der Waals surface area contributed by atoms with Crippen LogP contribution < -0.4 is 10.7 Å². The van der Waals surface area contributed by atoms with E-state index in [1.807, 2.05) is 19.9 Å². The number of hydrazone groups is 1. The Bertz CT molecular complexity index is 948. The van der Waals surface area contributed by atoms with Crippen molar-refractivity contribution in [1.82, 2.24) is 14.9 Å². The van der Waals surface area contributed by atoms with Crippen LogP contribution in [0.1, 0.15) is 41.5 Å². The van der Waals surface area contributed by atoms with E-state index >= 15 is 0 Å². The van der Waals surface area contributed by atoms with Crippen LogP contribution in [0.5, 0.6) is 0 Å². The van der Waals surface area contributed by atoms with Crippen LogP contribution in [0.25, 0.3) is 0 Å². The Morgan fingerprint density at radius 3 is 2.57 bits per heavy atom. The average Bonchev–Trinajstić information content (AvgIpc) is 2.67. The summed E-state index contributed by atoms with van der Waals surface area (Å²) in [7, 11) is 0. The fourth-order valence-corrected chi connectivity index (χ4v) is 3.52. The third-order valence-corrected chi connectivity index (χ3v) is 5.11. The number of nitrogens with zero attached hydrogens (tertiary/aromatic N) is 4. The molecule has 1 aromatic heterocycles. The maximum absolute atomic E-state index is 14.5. The molecule has 0 bridgehead atoms. The molecule has 1 aliphatic heterocycles. The zero-order chi connectivity index (χ0) is 21.7. The van der Waals surface area contributed by atoms with Crippen molar-refractivity contribution in [3.8, 4) is 0 Å². The lowest BCUT2D eigenvalue weighted by Crippen LogP contribution is -2.49. The highest BCUT2D eigenvalue weighted by molar-refractivity contribution is 6.14. The van der Waals surface area contributed by atoms with Crippen LogP contribution >= 0.6 is 0 Å². The first-order valence-electron chi connectivity index (χ1n) is 9.78. The van der Waals surface area contributed by atoms with Gasteiger partial charge in [-0.25, -0.2) is 14.4 Å². The molecule has 0 radical (unpaired) electrons. The predicted octanol–water partition coefficient (Wildman–Crippen LogP) is 3.39. The Labute approximate surface area is 175 Å². The predicted molar refractivity (Wildman–Crippen MR) is 116 cm³/mol. The normalized spacial score (nSPS) is 15.8. The molecular formula is C21H26FN7O. The van der Waals surface area contributed by atoms with Gasteiger partial charge < -0.3 is 15.6 Å². The number of carbonyl (C=O) groups excluding carboxylic acids is 1. The van der Waals surface area contributed by atoms with Crippen molar-refractivity contribution in [3.63, 3.8) is 0 Å². The van der Waals surface area contributed by atoms with E-state index in [4.69, 9.17) is 5.41 Å². The molecule has 0 saturated carbocycles. The number of hydrogen-bond acceptors (Lipinski definition) is 7. The molecule has 0 atom stereocenters. The highest BCUT2D eigenvalue weighted by Crippen LogP contribution is 2.28. The van der Waals surface area contributed by atoms with Gasteiger partial charge in [0, 0.05) is 36.2 Å². The minimum absolute atomic E-state index is 0.0474. The van der Waals surface area contributed by atoms with E-state index < -0.39 is 5.82 Å². The zero-order valence-electron chi connectivity index (χ0n) is 17.4. The smallest absolute Gasteiger partial charge is 0.259 e. The molecule has 2 aromatic rings. The summed E-state index contributed by atoms with van der Waals surface area (Å²) < 4.78 is 14.5. The van der Waals surface area contributed by atoms with Crippen LogP contribution in [0.4, 0.5) is 16.0 Å². The Morgan fingerprint density at radius 2 is 1.93 bits per heavy atom.